The Labute approximate surface area is 127 Å². The number of hydrogen-bond acceptors (Lipinski definition) is 3. The van der Waals surface area contributed by atoms with E-state index in [1.54, 1.807) is 0 Å². The molecule has 0 aromatic rings. The quantitative estimate of drug-likeness (QED) is 0.493. The second-order valence-electron chi connectivity index (χ2n) is 6.38. The van der Waals surface area contributed by atoms with Gasteiger partial charge in [-0.2, -0.15) is 0 Å². The molecule has 0 fully saturated rings. The monoisotopic (exact) mass is 304 g/mol. The molecule has 0 atom stereocenters. The van der Waals surface area contributed by atoms with Gasteiger partial charge in [0.15, 0.2) is 0 Å². The molecule has 0 heterocycles. The fourth-order valence-electron chi connectivity index (χ4n) is 2.55. The zero-order valence-corrected chi connectivity index (χ0v) is 15.9. The largest absolute Gasteiger partial charge is 0.504 e. The van der Waals surface area contributed by atoms with Gasteiger partial charge in [0, 0.05) is 23.9 Å². The minimum absolute atomic E-state index is 0.135. The van der Waals surface area contributed by atoms with E-state index in [0.717, 1.165) is 25.7 Å². The summed E-state index contributed by atoms with van der Waals surface area (Å²) in [6, 6.07) is 0. The summed E-state index contributed by atoms with van der Waals surface area (Å²) >= 11 is 0. The molecule has 0 saturated carbocycles. The second-order valence-corrected chi connectivity index (χ2v) is 9.11. The van der Waals surface area contributed by atoms with Gasteiger partial charge in [0.2, 0.25) is 0 Å². The van der Waals surface area contributed by atoms with Gasteiger partial charge in [-0.15, -0.1) is 0 Å². The van der Waals surface area contributed by atoms with E-state index >= 15 is 0 Å². The van der Waals surface area contributed by atoms with Crippen molar-refractivity contribution in [3.8, 4) is 0 Å². The van der Waals surface area contributed by atoms with Crippen molar-refractivity contribution in [3.63, 3.8) is 0 Å². The molecule has 0 spiro atoms. The van der Waals surface area contributed by atoms with Crippen LogP contribution in [0.1, 0.15) is 81.1 Å². The van der Waals surface area contributed by atoms with Crippen LogP contribution in [0.3, 0.4) is 0 Å². The molecule has 0 amide bonds. The van der Waals surface area contributed by atoms with E-state index in [9.17, 15) is 0 Å². The first-order valence-electron chi connectivity index (χ1n) is 8.30. The van der Waals surface area contributed by atoms with Gasteiger partial charge in [0.05, 0.1) is 0 Å². The molecule has 0 saturated heterocycles. The first-order chi connectivity index (χ1) is 9.27. The van der Waals surface area contributed by atoms with Crippen LogP contribution in [0.2, 0.25) is 5.54 Å². The lowest BCUT2D eigenvalue weighted by molar-refractivity contribution is -0.00667. The van der Waals surface area contributed by atoms with Gasteiger partial charge in [0.1, 0.15) is 0 Å². The molecule has 3 nitrogen and oxygen atoms in total. The molecule has 0 aliphatic carbocycles. The van der Waals surface area contributed by atoms with E-state index in [2.05, 4.69) is 55.4 Å². The molecule has 20 heavy (non-hydrogen) atoms. The summed E-state index contributed by atoms with van der Waals surface area (Å²) in [6.07, 6.45) is 4.92. The van der Waals surface area contributed by atoms with Crippen molar-refractivity contribution in [3.05, 3.63) is 0 Å². The van der Waals surface area contributed by atoms with Crippen LogP contribution in [-0.4, -0.2) is 27.1 Å². The minimum atomic E-state index is -2.66. The van der Waals surface area contributed by atoms with Crippen LogP contribution in [0.25, 0.3) is 0 Å². The molecular formula is C16H36O3Si. The average Bonchev–Trinajstić information content (AvgIpc) is 2.25. The third-order valence-electron chi connectivity index (χ3n) is 2.97. The zero-order valence-electron chi connectivity index (χ0n) is 14.9. The predicted octanol–water partition coefficient (Wildman–Crippen LogP) is 5.17. The SMILES string of the molecule is CCCC(CCC)[Si](OC(C)C)(OC(C)C)OC(C)C. The topological polar surface area (TPSA) is 27.7 Å². The maximum absolute atomic E-state index is 6.32. The summed E-state index contributed by atoms with van der Waals surface area (Å²) in [5.74, 6) is 0. The van der Waals surface area contributed by atoms with Crippen molar-refractivity contribution in [2.75, 3.05) is 0 Å². The normalized spacial score (nSPS) is 13.2. The fourth-order valence-corrected chi connectivity index (χ4v) is 6.55. The lowest BCUT2D eigenvalue weighted by atomic mass is 10.1. The van der Waals surface area contributed by atoms with E-state index in [0.29, 0.717) is 5.54 Å². The third kappa shape index (κ3) is 7.20. The summed E-state index contributed by atoms with van der Waals surface area (Å²) in [5, 5.41) is 0. The summed E-state index contributed by atoms with van der Waals surface area (Å²) in [5.41, 5.74) is 0.407. The van der Waals surface area contributed by atoms with E-state index in [4.69, 9.17) is 13.3 Å². The zero-order chi connectivity index (χ0) is 15.8. The molecule has 0 aliphatic heterocycles. The van der Waals surface area contributed by atoms with Crippen molar-refractivity contribution < 1.29 is 13.3 Å². The maximum Gasteiger partial charge on any atom is 0.504 e. The highest BCUT2D eigenvalue weighted by Crippen LogP contribution is 2.36. The predicted molar refractivity (Wildman–Crippen MR) is 88.0 cm³/mol. The highest BCUT2D eigenvalue weighted by Gasteiger charge is 2.50. The summed E-state index contributed by atoms with van der Waals surface area (Å²) in [7, 11) is -2.66. The van der Waals surface area contributed by atoms with Crippen LogP contribution in [-0.2, 0) is 13.3 Å². The molecule has 0 unspecified atom stereocenters. The minimum Gasteiger partial charge on any atom is -0.371 e. The van der Waals surface area contributed by atoms with Gasteiger partial charge in [-0.1, -0.05) is 26.7 Å². The highest BCUT2D eigenvalue weighted by atomic mass is 28.4. The van der Waals surface area contributed by atoms with Crippen molar-refractivity contribution in [2.24, 2.45) is 0 Å². The van der Waals surface area contributed by atoms with Crippen LogP contribution in [0.15, 0.2) is 0 Å². The molecule has 0 radical (unpaired) electrons. The molecule has 122 valence electrons. The third-order valence-corrected chi connectivity index (χ3v) is 6.95. The summed E-state index contributed by atoms with van der Waals surface area (Å²) < 4.78 is 19.0. The van der Waals surface area contributed by atoms with Crippen molar-refractivity contribution in [1.29, 1.82) is 0 Å². The van der Waals surface area contributed by atoms with E-state index in [1.807, 2.05) is 0 Å². The maximum atomic E-state index is 6.32. The Morgan fingerprint density at radius 3 is 1.15 bits per heavy atom. The van der Waals surface area contributed by atoms with Gasteiger partial charge in [-0.3, -0.25) is 0 Å². The Kier molecular flexibility index (Phi) is 9.98. The Morgan fingerprint density at radius 1 is 0.650 bits per heavy atom. The Morgan fingerprint density at radius 2 is 0.950 bits per heavy atom. The van der Waals surface area contributed by atoms with Crippen LogP contribution in [0, 0.1) is 0 Å². The number of rotatable bonds is 11. The molecule has 0 aromatic carbocycles. The molecule has 0 N–H and O–H groups in total. The lowest BCUT2D eigenvalue weighted by Crippen LogP contribution is -2.54. The molecule has 0 bridgehead atoms. The first kappa shape index (κ1) is 20.1. The fraction of sp³-hybridized carbons (Fsp3) is 1.00. The van der Waals surface area contributed by atoms with Gasteiger partial charge >= 0.3 is 8.80 Å². The second kappa shape index (κ2) is 9.93. The Balaban J connectivity index is 5.38. The molecule has 4 heteroatoms. The van der Waals surface area contributed by atoms with Crippen molar-refractivity contribution in [2.45, 2.75) is 105 Å². The van der Waals surface area contributed by atoms with Crippen LogP contribution in [0.5, 0.6) is 0 Å². The molecule has 0 aromatic heterocycles. The van der Waals surface area contributed by atoms with Crippen LogP contribution < -0.4 is 0 Å². The van der Waals surface area contributed by atoms with Crippen molar-refractivity contribution in [1.82, 2.24) is 0 Å². The van der Waals surface area contributed by atoms with Gasteiger partial charge in [-0.05, 0) is 54.4 Å². The lowest BCUT2D eigenvalue weighted by Gasteiger charge is -2.39. The smallest absolute Gasteiger partial charge is 0.371 e. The standard InChI is InChI=1S/C16H36O3Si/c1-9-11-16(12-10-2)20(17-13(3)4,18-14(5)6)19-15(7)8/h13-16H,9-12H2,1-8H3. The molecular weight excluding hydrogens is 268 g/mol. The Hall–Kier alpha value is 0.0969. The van der Waals surface area contributed by atoms with E-state index in [-0.39, 0.29) is 18.3 Å². The van der Waals surface area contributed by atoms with Gasteiger partial charge in [-0.25, -0.2) is 0 Å². The van der Waals surface area contributed by atoms with Gasteiger partial charge in [0.25, 0.3) is 0 Å². The van der Waals surface area contributed by atoms with Crippen molar-refractivity contribution >= 4 is 8.80 Å². The summed E-state index contributed by atoms with van der Waals surface area (Å²) in [4.78, 5) is 0. The Bertz CT molecular complexity index is 209. The van der Waals surface area contributed by atoms with E-state index in [1.165, 1.54) is 0 Å². The summed E-state index contributed by atoms with van der Waals surface area (Å²) in [6.45, 7) is 16.9. The number of hydrogen-bond donors (Lipinski definition) is 0. The van der Waals surface area contributed by atoms with Gasteiger partial charge < -0.3 is 13.3 Å². The van der Waals surface area contributed by atoms with Crippen LogP contribution in [0.4, 0.5) is 0 Å². The van der Waals surface area contributed by atoms with Crippen LogP contribution >= 0.6 is 0 Å². The highest BCUT2D eigenvalue weighted by molar-refractivity contribution is 6.62. The molecule has 0 rings (SSSR count). The first-order valence-corrected chi connectivity index (χ1v) is 10.1. The van der Waals surface area contributed by atoms with E-state index < -0.39 is 8.80 Å². The average molecular weight is 305 g/mol. The molecule has 0 aliphatic rings.